The van der Waals surface area contributed by atoms with Crippen LogP contribution in [0.25, 0.3) is 0 Å². The molecule has 1 atom stereocenters. The van der Waals surface area contributed by atoms with Crippen molar-refractivity contribution < 1.29 is 4.52 Å². The predicted octanol–water partition coefficient (Wildman–Crippen LogP) is 0.419. The predicted molar refractivity (Wildman–Crippen MR) is 56.3 cm³/mol. The van der Waals surface area contributed by atoms with Gasteiger partial charge in [-0.15, -0.1) is 0 Å². The average Bonchev–Trinajstić information content (AvgIpc) is 2.76. The van der Waals surface area contributed by atoms with Gasteiger partial charge >= 0.3 is 0 Å². The van der Waals surface area contributed by atoms with E-state index in [4.69, 9.17) is 4.52 Å². The van der Waals surface area contributed by atoms with Crippen LogP contribution in [0.5, 0.6) is 0 Å². The lowest BCUT2D eigenvalue weighted by atomic mass is 10.1. The van der Waals surface area contributed by atoms with Gasteiger partial charge in [0.2, 0.25) is 5.89 Å². The van der Waals surface area contributed by atoms with Gasteiger partial charge in [-0.3, -0.25) is 0 Å². The van der Waals surface area contributed by atoms with Gasteiger partial charge in [0.1, 0.15) is 0 Å². The Labute approximate surface area is 89.8 Å². The summed E-state index contributed by atoms with van der Waals surface area (Å²) in [7, 11) is 2.17. The molecular weight excluding hydrogens is 192 g/mol. The fraction of sp³-hybridized carbons (Fsp3) is 0.800. The van der Waals surface area contributed by atoms with Crippen LogP contribution in [0.1, 0.15) is 18.1 Å². The molecule has 5 heteroatoms. The van der Waals surface area contributed by atoms with Crippen LogP contribution >= 0.6 is 0 Å². The highest BCUT2D eigenvalue weighted by Crippen LogP contribution is 2.12. The van der Waals surface area contributed by atoms with E-state index in [2.05, 4.69) is 27.4 Å². The Morgan fingerprint density at radius 2 is 2.47 bits per heavy atom. The smallest absolute Gasteiger partial charge is 0.223 e. The summed E-state index contributed by atoms with van der Waals surface area (Å²) < 4.78 is 4.89. The Hall–Kier alpha value is -0.940. The molecule has 1 saturated heterocycles. The molecule has 84 valence electrons. The second kappa shape index (κ2) is 4.72. The van der Waals surface area contributed by atoms with Crippen LogP contribution < -0.4 is 5.32 Å². The molecule has 1 N–H and O–H groups in total. The lowest BCUT2D eigenvalue weighted by Gasteiger charge is -2.10. The summed E-state index contributed by atoms with van der Waals surface area (Å²) in [5.74, 6) is 2.15. The zero-order valence-corrected chi connectivity index (χ0v) is 9.36. The minimum atomic E-state index is 0.632. The molecule has 15 heavy (non-hydrogen) atoms. The molecule has 1 aromatic rings. The highest BCUT2D eigenvalue weighted by Gasteiger charge is 2.18. The van der Waals surface area contributed by atoms with Crippen molar-refractivity contribution in [3.05, 3.63) is 11.7 Å². The molecule has 5 nitrogen and oxygen atoms in total. The molecule has 0 spiro atoms. The molecular formula is C10H18N4O. The van der Waals surface area contributed by atoms with E-state index >= 15 is 0 Å². The summed E-state index contributed by atoms with van der Waals surface area (Å²) in [5.41, 5.74) is 0. The van der Waals surface area contributed by atoms with Crippen molar-refractivity contribution in [3.8, 4) is 0 Å². The van der Waals surface area contributed by atoms with E-state index in [1.54, 1.807) is 0 Å². The van der Waals surface area contributed by atoms with Crippen LogP contribution in [0.4, 0.5) is 0 Å². The fourth-order valence-electron chi connectivity index (χ4n) is 1.99. The molecule has 0 bridgehead atoms. The third-order valence-electron chi connectivity index (χ3n) is 2.77. The molecule has 2 rings (SSSR count). The highest BCUT2D eigenvalue weighted by molar-refractivity contribution is 4.83. The van der Waals surface area contributed by atoms with Crippen LogP contribution in [-0.4, -0.2) is 41.7 Å². The standard InChI is InChI=1S/C10H18N4O/c1-8-12-10(13-15-8)6-11-5-9-3-4-14(2)7-9/h9,11H,3-7H2,1-2H3. The van der Waals surface area contributed by atoms with E-state index < -0.39 is 0 Å². The van der Waals surface area contributed by atoms with Crippen molar-refractivity contribution in [1.82, 2.24) is 20.4 Å². The maximum atomic E-state index is 4.89. The van der Waals surface area contributed by atoms with Gasteiger partial charge in [0.15, 0.2) is 5.82 Å². The first-order valence-corrected chi connectivity index (χ1v) is 5.42. The Kier molecular flexibility index (Phi) is 3.33. The van der Waals surface area contributed by atoms with Gasteiger partial charge in [0.25, 0.3) is 0 Å². The van der Waals surface area contributed by atoms with Crippen LogP contribution in [-0.2, 0) is 6.54 Å². The first-order valence-electron chi connectivity index (χ1n) is 5.42. The maximum Gasteiger partial charge on any atom is 0.223 e. The number of nitrogens with one attached hydrogen (secondary N) is 1. The Bertz CT molecular complexity index is 312. The molecule has 0 radical (unpaired) electrons. The minimum Gasteiger partial charge on any atom is -0.340 e. The topological polar surface area (TPSA) is 54.2 Å². The third kappa shape index (κ3) is 3.00. The van der Waals surface area contributed by atoms with Gasteiger partial charge < -0.3 is 14.7 Å². The normalized spacial score (nSPS) is 22.4. The van der Waals surface area contributed by atoms with E-state index in [0.29, 0.717) is 12.4 Å². The van der Waals surface area contributed by atoms with E-state index in [0.717, 1.165) is 18.3 Å². The average molecular weight is 210 g/mol. The van der Waals surface area contributed by atoms with Gasteiger partial charge in [0, 0.05) is 13.5 Å². The fourth-order valence-corrected chi connectivity index (χ4v) is 1.99. The summed E-state index contributed by atoms with van der Waals surface area (Å²) in [5, 5.41) is 7.20. The van der Waals surface area contributed by atoms with E-state index in [1.807, 2.05) is 6.92 Å². The van der Waals surface area contributed by atoms with Crippen molar-refractivity contribution in [2.24, 2.45) is 5.92 Å². The first-order chi connectivity index (χ1) is 7.24. The molecule has 0 saturated carbocycles. The van der Waals surface area contributed by atoms with Gasteiger partial charge in [-0.05, 0) is 32.5 Å². The number of hydrogen-bond acceptors (Lipinski definition) is 5. The van der Waals surface area contributed by atoms with E-state index in [-0.39, 0.29) is 0 Å². The quantitative estimate of drug-likeness (QED) is 0.780. The van der Waals surface area contributed by atoms with Crippen molar-refractivity contribution in [1.29, 1.82) is 0 Å². The van der Waals surface area contributed by atoms with E-state index in [9.17, 15) is 0 Å². The largest absolute Gasteiger partial charge is 0.340 e. The van der Waals surface area contributed by atoms with Crippen molar-refractivity contribution in [2.45, 2.75) is 19.9 Å². The second-order valence-corrected chi connectivity index (χ2v) is 4.28. The van der Waals surface area contributed by atoms with Gasteiger partial charge in [-0.2, -0.15) is 4.98 Å². The second-order valence-electron chi connectivity index (χ2n) is 4.28. The third-order valence-corrected chi connectivity index (χ3v) is 2.77. The SMILES string of the molecule is Cc1nc(CNCC2CCN(C)C2)no1. The van der Waals surface area contributed by atoms with Crippen LogP contribution in [0.15, 0.2) is 4.52 Å². The van der Waals surface area contributed by atoms with Crippen molar-refractivity contribution >= 4 is 0 Å². The molecule has 0 aromatic carbocycles. The van der Waals surface area contributed by atoms with E-state index in [1.165, 1.54) is 19.5 Å². The molecule has 1 aliphatic heterocycles. The van der Waals surface area contributed by atoms with Crippen LogP contribution in [0.2, 0.25) is 0 Å². The number of hydrogen-bond donors (Lipinski definition) is 1. The minimum absolute atomic E-state index is 0.632. The molecule has 1 aromatic heterocycles. The summed E-state index contributed by atoms with van der Waals surface area (Å²) >= 11 is 0. The van der Waals surface area contributed by atoms with Gasteiger partial charge in [-0.25, -0.2) is 0 Å². The van der Waals surface area contributed by atoms with Gasteiger partial charge in [-0.1, -0.05) is 5.16 Å². The lowest BCUT2D eigenvalue weighted by molar-refractivity contribution is 0.378. The van der Waals surface area contributed by atoms with Crippen LogP contribution in [0.3, 0.4) is 0 Å². The monoisotopic (exact) mass is 210 g/mol. The Balaban J connectivity index is 1.67. The number of aryl methyl sites for hydroxylation is 1. The lowest BCUT2D eigenvalue weighted by Crippen LogP contribution is -2.25. The Morgan fingerprint density at radius 1 is 1.60 bits per heavy atom. The van der Waals surface area contributed by atoms with Gasteiger partial charge in [0.05, 0.1) is 6.54 Å². The maximum absolute atomic E-state index is 4.89. The molecule has 0 aliphatic carbocycles. The number of aromatic nitrogens is 2. The molecule has 1 aliphatic rings. The zero-order chi connectivity index (χ0) is 10.7. The summed E-state index contributed by atoms with van der Waals surface area (Å²) in [4.78, 5) is 6.50. The van der Waals surface area contributed by atoms with Crippen LogP contribution in [0, 0.1) is 12.8 Å². The molecule has 2 heterocycles. The number of nitrogens with zero attached hydrogens (tertiary/aromatic N) is 3. The molecule has 1 fully saturated rings. The molecule has 1 unspecified atom stereocenters. The number of rotatable bonds is 4. The number of likely N-dealkylation sites (tertiary alicyclic amines) is 1. The zero-order valence-electron chi connectivity index (χ0n) is 9.36. The molecule has 0 amide bonds. The van der Waals surface area contributed by atoms with Crippen molar-refractivity contribution in [3.63, 3.8) is 0 Å². The summed E-state index contributed by atoms with van der Waals surface area (Å²) in [6, 6.07) is 0. The Morgan fingerprint density at radius 3 is 3.07 bits per heavy atom. The highest BCUT2D eigenvalue weighted by atomic mass is 16.5. The first kappa shape index (κ1) is 10.6. The summed E-state index contributed by atoms with van der Waals surface area (Å²) in [6.45, 7) is 5.96. The van der Waals surface area contributed by atoms with Crippen molar-refractivity contribution in [2.75, 3.05) is 26.7 Å². The summed E-state index contributed by atoms with van der Waals surface area (Å²) in [6.07, 6.45) is 1.29.